The summed E-state index contributed by atoms with van der Waals surface area (Å²) in [6.45, 7) is 0.885. The Morgan fingerprint density at radius 3 is 2.74 bits per heavy atom. The van der Waals surface area contributed by atoms with Crippen LogP contribution < -0.4 is 31.0 Å². The van der Waals surface area contributed by atoms with Crippen LogP contribution in [0, 0.1) is 11.3 Å². The van der Waals surface area contributed by atoms with Gasteiger partial charge in [0, 0.05) is 11.6 Å². The fourth-order valence-electron chi connectivity index (χ4n) is 2.75. The maximum Gasteiger partial charge on any atom is 0.291 e. The number of fused-ring (bicyclic) bond motifs is 2. The minimum atomic E-state index is 0. The van der Waals surface area contributed by atoms with Gasteiger partial charge >= 0.3 is 0 Å². The summed E-state index contributed by atoms with van der Waals surface area (Å²) >= 11 is 0. The number of rotatable bonds is 2. The molecule has 0 bridgehead atoms. The van der Waals surface area contributed by atoms with Gasteiger partial charge < -0.3 is 26.5 Å². The summed E-state index contributed by atoms with van der Waals surface area (Å²) in [5.41, 5.74) is 1.73. The predicted molar refractivity (Wildman–Crippen MR) is 80.5 cm³/mol. The summed E-state index contributed by atoms with van der Waals surface area (Å²) in [4.78, 5) is 0. The Hall–Kier alpha value is -2.58. The van der Waals surface area contributed by atoms with Gasteiger partial charge in [-0.1, -0.05) is 18.2 Å². The van der Waals surface area contributed by atoms with E-state index in [0.29, 0.717) is 12.2 Å². The number of hydrogen-bond acceptors (Lipinski definition) is 3. The molecule has 23 heavy (non-hydrogen) atoms. The van der Waals surface area contributed by atoms with Gasteiger partial charge in [-0.05, 0) is 29.7 Å². The standard InChI is InChI=1S/C18H13N2O2.BrH/c19-10-16-15-4-2-1-3-14(15)7-8-20(16)11-13-5-6-17-18(9-13)22-12-21-17;/h1-9H,11-12H2;1H/q+1;/p-1. The molecule has 2 heterocycles. The lowest BCUT2D eigenvalue weighted by atomic mass is 10.1. The monoisotopic (exact) mass is 368 g/mol. The first-order chi connectivity index (χ1) is 10.8. The quantitative estimate of drug-likeness (QED) is 0.587. The fraction of sp³-hybridized carbons (Fsp3) is 0.111. The molecule has 2 aromatic carbocycles. The fourth-order valence-corrected chi connectivity index (χ4v) is 2.75. The van der Waals surface area contributed by atoms with E-state index in [1.807, 2.05) is 59.3 Å². The molecule has 0 N–H and O–H groups in total. The van der Waals surface area contributed by atoms with Crippen LogP contribution in [0.25, 0.3) is 10.8 Å². The van der Waals surface area contributed by atoms with Gasteiger partial charge in [-0.15, -0.1) is 0 Å². The summed E-state index contributed by atoms with van der Waals surface area (Å²) in [5.74, 6) is 1.53. The Morgan fingerprint density at radius 2 is 1.87 bits per heavy atom. The van der Waals surface area contributed by atoms with Crippen LogP contribution in [0.2, 0.25) is 0 Å². The van der Waals surface area contributed by atoms with Crippen molar-refractivity contribution in [2.24, 2.45) is 0 Å². The Bertz CT molecular complexity index is 919. The molecule has 114 valence electrons. The molecule has 1 aromatic heterocycles. The van der Waals surface area contributed by atoms with Crippen molar-refractivity contribution in [2.75, 3.05) is 6.79 Å². The summed E-state index contributed by atoms with van der Waals surface area (Å²) in [6, 6.07) is 18.1. The summed E-state index contributed by atoms with van der Waals surface area (Å²) in [7, 11) is 0. The van der Waals surface area contributed by atoms with Crippen LogP contribution in [0.1, 0.15) is 11.3 Å². The van der Waals surface area contributed by atoms with E-state index in [2.05, 4.69) is 6.07 Å². The molecule has 0 amide bonds. The lowest BCUT2D eigenvalue weighted by Gasteiger charge is -2.04. The van der Waals surface area contributed by atoms with Crippen molar-refractivity contribution in [1.29, 1.82) is 5.26 Å². The highest BCUT2D eigenvalue weighted by Gasteiger charge is 2.18. The predicted octanol–water partition coefficient (Wildman–Crippen LogP) is -0.220. The van der Waals surface area contributed by atoms with E-state index in [0.717, 1.165) is 27.8 Å². The minimum Gasteiger partial charge on any atom is -1.00 e. The summed E-state index contributed by atoms with van der Waals surface area (Å²) in [6.07, 6.45) is 1.95. The van der Waals surface area contributed by atoms with E-state index in [-0.39, 0.29) is 23.8 Å². The van der Waals surface area contributed by atoms with Crippen molar-refractivity contribution in [3.8, 4) is 17.6 Å². The van der Waals surface area contributed by atoms with Crippen molar-refractivity contribution < 1.29 is 31.0 Å². The Labute approximate surface area is 144 Å². The van der Waals surface area contributed by atoms with E-state index in [1.54, 1.807) is 0 Å². The number of nitriles is 1. The van der Waals surface area contributed by atoms with Gasteiger partial charge in [-0.2, -0.15) is 9.83 Å². The third kappa shape index (κ3) is 2.73. The van der Waals surface area contributed by atoms with Crippen molar-refractivity contribution >= 4 is 10.8 Å². The second-order valence-corrected chi connectivity index (χ2v) is 5.18. The van der Waals surface area contributed by atoms with Gasteiger partial charge in [0.05, 0.1) is 5.39 Å². The summed E-state index contributed by atoms with van der Waals surface area (Å²) in [5, 5.41) is 11.6. The highest BCUT2D eigenvalue weighted by Crippen LogP contribution is 2.32. The van der Waals surface area contributed by atoms with E-state index in [4.69, 9.17) is 9.47 Å². The number of nitrogens with zero attached hydrogens (tertiary/aromatic N) is 2. The molecule has 0 atom stereocenters. The molecule has 0 saturated carbocycles. The van der Waals surface area contributed by atoms with Crippen molar-refractivity contribution in [3.63, 3.8) is 0 Å². The molecule has 1 aliphatic rings. The molecule has 1 aliphatic heterocycles. The molecule has 0 fully saturated rings. The molecule has 0 spiro atoms. The molecule has 0 saturated heterocycles. The minimum absolute atomic E-state index is 0. The largest absolute Gasteiger partial charge is 1.00 e. The van der Waals surface area contributed by atoms with Crippen LogP contribution in [-0.4, -0.2) is 6.79 Å². The number of aromatic nitrogens is 1. The highest BCUT2D eigenvalue weighted by atomic mass is 79.9. The van der Waals surface area contributed by atoms with E-state index >= 15 is 0 Å². The number of benzene rings is 2. The molecule has 5 heteroatoms. The van der Waals surface area contributed by atoms with Crippen LogP contribution in [0.5, 0.6) is 11.5 Å². The molecular weight excluding hydrogens is 356 g/mol. The molecule has 0 aliphatic carbocycles. The highest BCUT2D eigenvalue weighted by molar-refractivity contribution is 5.85. The van der Waals surface area contributed by atoms with Crippen LogP contribution in [0.4, 0.5) is 0 Å². The van der Waals surface area contributed by atoms with Gasteiger partial charge in [0.1, 0.15) is 0 Å². The summed E-state index contributed by atoms with van der Waals surface area (Å²) < 4.78 is 12.7. The van der Waals surface area contributed by atoms with Gasteiger partial charge in [-0.3, -0.25) is 0 Å². The van der Waals surface area contributed by atoms with Gasteiger partial charge in [0.15, 0.2) is 30.3 Å². The first-order valence-corrected chi connectivity index (χ1v) is 7.05. The lowest BCUT2D eigenvalue weighted by molar-refractivity contribution is -0.689. The normalized spacial score (nSPS) is 11.8. The smallest absolute Gasteiger partial charge is 0.291 e. The van der Waals surface area contributed by atoms with Gasteiger partial charge in [0.25, 0.3) is 5.69 Å². The average Bonchev–Trinajstić information content (AvgIpc) is 3.02. The molecule has 4 rings (SSSR count). The molecule has 3 aromatic rings. The van der Waals surface area contributed by atoms with Crippen molar-refractivity contribution in [3.05, 3.63) is 66.0 Å². The van der Waals surface area contributed by atoms with Crippen molar-refractivity contribution in [1.82, 2.24) is 0 Å². The molecule has 4 nitrogen and oxygen atoms in total. The molecule has 0 unspecified atom stereocenters. The number of halogens is 1. The Kier molecular flexibility index (Phi) is 4.18. The Balaban J connectivity index is 0.00000156. The van der Waals surface area contributed by atoms with Crippen LogP contribution in [0.15, 0.2) is 54.7 Å². The third-order valence-corrected chi connectivity index (χ3v) is 3.83. The van der Waals surface area contributed by atoms with E-state index < -0.39 is 0 Å². The second kappa shape index (κ2) is 6.27. The first-order valence-electron chi connectivity index (χ1n) is 7.05. The lowest BCUT2D eigenvalue weighted by Crippen LogP contribution is -3.00. The number of ether oxygens (including phenoxy) is 2. The molecular formula is C18H13BrN2O2. The maximum atomic E-state index is 9.53. The van der Waals surface area contributed by atoms with Gasteiger partial charge in [-0.25, -0.2) is 0 Å². The van der Waals surface area contributed by atoms with E-state index in [1.165, 1.54) is 0 Å². The van der Waals surface area contributed by atoms with Crippen LogP contribution >= 0.6 is 0 Å². The topological polar surface area (TPSA) is 46.1 Å². The van der Waals surface area contributed by atoms with Gasteiger partial charge in [0.2, 0.25) is 6.79 Å². The SMILES string of the molecule is N#Cc1c2ccccc2cc[n+]1Cc1ccc2c(c1)OCO2.[Br-]. The van der Waals surface area contributed by atoms with Crippen LogP contribution in [-0.2, 0) is 6.54 Å². The van der Waals surface area contributed by atoms with E-state index in [9.17, 15) is 5.26 Å². The number of hydrogen-bond donors (Lipinski definition) is 0. The third-order valence-electron chi connectivity index (χ3n) is 3.83. The number of pyridine rings is 1. The zero-order valence-corrected chi connectivity index (χ0v) is 13.8. The zero-order chi connectivity index (χ0) is 14.9. The second-order valence-electron chi connectivity index (χ2n) is 5.18. The Morgan fingerprint density at radius 1 is 1.04 bits per heavy atom. The molecule has 0 radical (unpaired) electrons. The maximum absolute atomic E-state index is 9.53. The average molecular weight is 369 g/mol. The van der Waals surface area contributed by atoms with Crippen LogP contribution in [0.3, 0.4) is 0 Å². The zero-order valence-electron chi connectivity index (χ0n) is 12.2. The first kappa shape index (κ1) is 15.3. The van der Waals surface area contributed by atoms with Crippen molar-refractivity contribution in [2.45, 2.75) is 6.54 Å².